The minimum absolute atomic E-state index is 0. The molecule has 0 saturated carbocycles. The van der Waals surface area contributed by atoms with E-state index in [0.717, 1.165) is 30.2 Å². The second-order valence-electron chi connectivity index (χ2n) is 6.22. The van der Waals surface area contributed by atoms with Crippen molar-refractivity contribution < 1.29 is 14.3 Å². The molecule has 1 fully saturated rings. The quantitative estimate of drug-likeness (QED) is 0.864. The lowest BCUT2D eigenvalue weighted by Gasteiger charge is -2.28. The van der Waals surface area contributed by atoms with E-state index >= 15 is 0 Å². The molecule has 3 rings (SSSR count). The number of hydrogen-bond donors (Lipinski definition) is 2. The average molecular weight is 341 g/mol. The maximum Gasteiger partial charge on any atom is 0.231 e. The van der Waals surface area contributed by atoms with Gasteiger partial charge in [0.15, 0.2) is 11.5 Å². The van der Waals surface area contributed by atoms with Crippen molar-refractivity contribution in [2.45, 2.75) is 32.7 Å². The smallest absolute Gasteiger partial charge is 0.231 e. The van der Waals surface area contributed by atoms with E-state index in [-0.39, 0.29) is 25.1 Å². The summed E-state index contributed by atoms with van der Waals surface area (Å²) in [4.78, 5) is 12.2. The lowest BCUT2D eigenvalue weighted by Crippen LogP contribution is -2.35. The Balaban J connectivity index is 0.00000192. The Morgan fingerprint density at radius 3 is 3.09 bits per heavy atom. The van der Waals surface area contributed by atoms with Crippen LogP contribution in [0.15, 0.2) is 18.2 Å². The highest BCUT2D eigenvalue weighted by molar-refractivity contribution is 5.85. The molecule has 0 aliphatic carbocycles. The zero-order valence-corrected chi connectivity index (χ0v) is 14.3. The van der Waals surface area contributed by atoms with Gasteiger partial charge in [-0.1, -0.05) is 19.1 Å². The van der Waals surface area contributed by atoms with Crippen molar-refractivity contribution in [3.8, 4) is 11.5 Å². The van der Waals surface area contributed by atoms with E-state index < -0.39 is 0 Å². The first-order valence-corrected chi connectivity index (χ1v) is 8.09. The van der Waals surface area contributed by atoms with Crippen LogP contribution in [-0.2, 0) is 11.3 Å². The minimum atomic E-state index is 0. The van der Waals surface area contributed by atoms with Crippen LogP contribution in [0.25, 0.3) is 0 Å². The van der Waals surface area contributed by atoms with Gasteiger partial charge in [0.1, 0.15) is 0 Å². The Hall–Kier alpha value is -1.46. The molecule has 1 saturated heterocycles. The highest BCUT2D eigenvalue weighted by Gasteiger charge is 2.22. The number of fused-ring (bicyclic) bond motifs is 1. The Labute approximate surface area is 143 Å². The summed E-state index contributed by atoms with van der Waals surface area (Å²) in [5, 5.41) is 6.42. The van der Waals surface area contributed by atoms with Crippen molar-refractivity contribution in [3.05, 3.63) is 23.8 Å². The van der Waals surface area contributed by atoms with Crippen LogP contribution in [0.2, 0.25) is 0 Å². The van der Waals surface area contributed by atoms with Crippen molar-refractivity contribution in [3.63, 3.8) is 0 Å². The SMILES string of the molecule is CC(CC(=O)NCc1cccc2c1OCO2)C1CCCNC1.Cl. The summed E-state index contributed by atoms with van der Waals surface area (Å²) in [5.74, 6) is 2.64. The van der Waals surface area contributed by atoms with Crippen LogP contribution in [0.1, 0.15) is 31.7 Å². The van der Waals surface area contributed by atoms with E-state index in [1.54, 1.807) is 0 Å². The topological polar surface area (TPSA) is 59.6 Å². The molecule has 0 spiro atoms. The predicted molar refractivity (Wildman–Crippen MR) is 91.0 cm³/mol. The molecule has 1 amide bonds. The molecule has 2 atom stereocenters. The number of carbonyl (C=O) groups is 1. The van der Waals surface area contributed by atoms with Gasteiger partial charge in [-0.05, 0) is 43.8 Å². The van der Waals surface area contributed by atoms with Crippen molar-refractivity contribution in [2.75, 3.05) is 19.9 Å². The molecule has 1 aromatic rings. The Morgan fingerprint density at radius 1 is 1.43 bits per heavy atom. The second kappa shape index (κ2) is 8.41. The number of piperidine rings is 1. The van der Waals surface area contributed by atoms with E-state index in [4.69, 9.17) is 9.47 Å². The van der Waals surface area contributed by atoms with Gasteiger partial charge in [0.25, 0.3) is 0 Å². The number of amides is 1. The normalized spacial score (nSPS) is 20.5. The van der Waals surface area contributed by atoms with Crippen molar-refractivity contribution >= 4 is 18.3 Å². The summed E-state index contributed by atoms with van der Waals surface area (Å²) < 4.78 is 10.8. The first kappa shape index (κ1) is 17.9. The maximum absolute atomic E-state index is 12.2. The second-order valence-corrected chi connectivity index (χ2v) is 6.22. The minimum Gasteiger partial charge on any atom is -0.454 e. The predicted octanol–water partition coefficient (Wildman–Crippen LogP) is 2.48. The molecule has 2 N–H and O–H groups in total. The van der Waals surface area contributed by atoms with Gasteiger partial charge in [0.05, 0.1) is 0 Å². The fourth-order valence-corrected chi connectivity index (χ4v) is 3.22. The molecule has 23 heavy (non-hydrogen) atoms. The molecule has 2 aliphatic rings. The third-order valence-corrected chi connectivity index (χ3v) is 4.60. The van der Waals surface area contributed by atoms with Gasteiger partial charge in [-0.3, -0.25) is 4.79 Å². The van der Waals surface area contributed by atoms with Gasteiger partial charge in [-0.2, -0.15) is 0 Å². The number of rotatable bonds is 5. The van der Waals surface area contributed by atoms with E-state index in [9.17, 15) is 4.79 Å². The summed E-state index contributed by atoms with van der Waals surface area (Å²) in [5.41, 5.74) is 0.968. The van der Waals surface area contributed by atoms with Crippen LogP contribution in [0.3, 0.4) is 0 Å². The molecule has 0 aromatic heterocycles. The van der Waals surface area contributed by atoms with Crippen LogP contribution in [0, 0.1) is 11.8 Å². The molecule has 2 unspecified atom stereocenters. The summed E-state index contributed by atoms with van der Waals surface area (Å²) in [7, 11) is 0. The molecule has 0 bridgehead atoms. The molecular formula is C17H25ClN2O3. The summed E-state index contributed by atoms with van der Waals surface area (Å²) in [6.07, 6.45) is 3.02. The summed E-state index contributed by atoms with van der Waals surface area (Å²) in [6.45, 7) is 5.06. The van der Waals surface area contributed by atoms with Crippen LogP contribution in [0.4, 0.5) is 0 Å². The molecule has 5 nitrogen and oxygen atoms in total. The number of carbonyl (C=O) groups excluding carboxylic acids is 1. The first-order chi connectivity index (χ1) is 10.7. The summed E-state index contributed by atoms with van der Waals surface area (Å²) >= 11 is 0. The number of para-hydroxylation sites is 1. The molecular weight excluding hydrogens is 316 g/mol. The van der Waals surface area contributed by atoms with E-state index in [1.165, 1.54) is 12.8 Å². The van der Waals surface area contributed by atoms with Crippen LogP contribution >= 0.6 is 12.4 Å². The van der Waals surface area contributed by atoms with E-state index in [1.807, 2.05) is 18.2 Å². The van der Waals surface area contributed by atoms with Gasteiger partial charge in [-0.25, -0.2) is 0 Å². The highest BCUT2D eigenvalue weighted by atomic mass is 35.5. The van der Waals surface area contributed by atoms with Crippen LogP contribution in [0.5, 0.6) is 11.5 Å². The molecule has 0 radical (unpaired) electrons. The number of benzene rings is 1. The first-order valence-electron chi connectivity index (χ1n) is 8.09. The number of halogens is 1. The highest BCUT2D eigenvalue weighted by Crippen LogP contribution is 2.35. The molecule has 2 heterocycles. The average Bonchev–Trinajstić information content (AvgIpc) is 3.03. The van der Waals surface area contributed by atoms with Gasteiger partial charge < -0.3 is 20.1 Å². The summed E-state index contributed by atoms with van der Waals surface area (Å²) in [6, 6.07) is 5.76. The third kappa shape index (κ3) is 4.52. The zero-order chi connectivity index (χ0) is 15.4. The largest absolute Gasteiger partial charge is 0.454 e. The van der Waals surface area contributed by atoms with E-state index in [0.29, 0.717) is 24.8 Å². The van der Waals surface area contributed by atoms with Crippen LogP contribution < -0.4 is 20.1 Å². The number of nitrogens with one attached hydrogen (secondary N) is 2. The Bertz CT molecular complexity index is 533. The number of hydrogen-bond acceptors (Lipinski definition) is 4. The molecule has 128 valence electrons. The van der Waals surface area contributed by atoms with Gasteiger partial charge >= 0.3 is 0 Å². The molecule has 1 aromatic carbocycles. The molecule has 6 heteroatoms. The fraction of sp³-hybridized carbons (Fsp3) is 0.588. The Kier molecular flexibility index (Phi) is 6.54. The van der Waals surface area contributed by atoms with Crippen molar-refractivity contribution in [1.29, 1.82) is 0 Å². The molecule has 2 aliphatic heterocycles. The van der Waals surface area contributed by atoms with Crippen molar-refractivity contribution in [2.24, 2.45) is 11.8 Å². The maximum atomic E-state index is 12.2. The van der Waals surface area contributed by atoms with Gasteiger partial charge in [0.2, 0.25) is 12.7 Å². The fourth-order valence-electron chi connectivity index (χ4n) is 3.22. The van der Waals surface area contributed by atoms with E-state index in [2.05, 4.69) is 17.6 Å². The van der Waals surface area contributed by atoms with Gasteiger partial charge in [-0.15, -0.1) is 12.4 Å². The van der Waals surface area contributed by atoms with Crippen molar-refractivity contribution in [1.82, 2.24) is 10.6 Å². The Morgan fingerprint density at radius 2 is 2.30 bits per heavy atom. The lowest BCUT2D eigenvalue weighted by molar-refractivity contribution is -0.122. The third-order valence-electron chi connectivity index (χ3n) is 4.60. The monoisotopic (exact) mass is 340 g/mol. The number of ether oxygens (including phenoxy) is 2. The lowest BCUT2D eigenvalue weighted by atomic mass is 9.85. The van der Waals surface area contributed by atoms with Gasteiger partial charge in [0, 0.05) is 18.5 Å². The van der Waals surface area contributed by atoms with Crippen LogP contribution in [-0.4, -0.2) is 25.8 Å². The standard InChI is InChI=1S/C17H24N2O3.ClH/c1-12(13-5-3-7-18-9-13)8-16(20)19-10-14-4-2-6-15-17(14)22-11-21-15;/h2,4,6,12-13,18H,3,5,7-11H2,1H3,(H,19,20);1H. The zero-order valence-electron chi connectivity index (χ0n) is 13.5.